The minimum atomic E-state index is 0.00240. The van der Waals surface area contributed by atoms with Crippen molar-refractivity contribution in [1.82, 2.24) is 10.3 Å². The van der Waals surface area contributed by atoms with Crippen molar-refractivity contribution >= 4 is 33.2 Å². The molecule has 4 nitrogen and oxygen atoms in total. The molecule has 118 valence electrons. The average Bonchev–Trinajstić information content (AvgIpc) is 2.95. The van der Waals surface area contributed by atoms with Crippen LogP contribution in [0.15, 0.2) is 34.1 Å². The van der Waals surface area contributed by atoms with Crippen LogP contribution < -0.4 is 5.32 Å². The minimum Gasteiger partial charge on any atom is -0.382 e. The molecule has 2 aromatic rings. The molecule has 0 saturated heterocycles. The van der Waals surface area contributed by atoms with E-state index < -0.39 is 0 Å². The summed E-state index contributed by atoms with van der Waals surface area (Å²) in [6, 6.07) is 8.00. The third kappa shape index (κ3) is 5.51. The van der Waals surface area contributed by atoms with Crippen LogP contribution in [0.25, 0.3) is 10.6 Å². The van der Waals surface area contributed by atoms with E-state index in [-0.39, 0.29) is 5.91 Å². The largest absolute Gasteiger partial charge is 0.382 e. The lowest BCUT2D eigenvalue weighted by Crippen LogP contribution is -2.26. The highest BCUT2D eigenvalue weighted by Crippen LogP contribution is 2.26. The van der Waals surface area contributed by atoms with E-state index in [1.54, 1.807) is 11.3 Å². The Morgan fingerprint density at radius 2 is 2.32 bits per heavy atom. The van der Waals surface area contributed by atoms with Gasteiger partial charge in [0.15, 0.2) is 0 Å². The predicted molar refractivity (Wildman–Crippen MR) is 93.1 cm³/mol. The highest BCUT2D eigenvalue weighted by molar-refractivity contribution is 9.10. The number of ether oxygens (including phenoxy) is 1. The molecule has 0 aliphatic heterocycles. The van der Waals surface area contributed by atoms with Crippen molar-refractivity contribution in [2.45, 2.75) is 19.8 Å². The van der Waals surface area contributed by atoms with Crippen molar-refractivity contribution < 1.29 is 9.53 Å². The number of nitrogens with one attached hydrogen (secondary N) is 1. The van der Waals surface area contributed by atoms with Gasteiger partial charge in [-0.25, -0.2) is 4.98 Å². The first-order valence-electron chi connectivity index (χ1n) is 7.24. The molecule has 0 aliphatic carbocycles. The van der Waals surface area contributed by atoms with Crippen LogP contribution in [0.5, 0.6) is 0 Å². The van der Waals surface area contributed by atoms with Gasteiger partial charge in [-0.15, -0.1) is 11.3 Å². The van der Waals surface area contributed by atoms with Crippen LogP contribution in [-0.4, -0.2) is 30.6 Å². The molecule has 0 fully saturated rings. The monoisotopic (exact) mass is 382 g/mol. The van der Waals surface area contributed by atoms with Gasteiger partial charge in [-0.05, 0) is 25.5 Å². The third-order valence-corrected chi connectivity index (χ3v) is 4.39. The van der Waals surface area contributed by atoms with Gasteiger partial charge in [0.1, 0.15) is 5.01 Å². The predicted octanol–water partition coefficient (Wildman–Crippen LogP) is 3.66. The third-order valence-electron chi connectivity index (χ3n) is 2.96. The molecule has 0 atom stereocenters. The van der Waals surface area contributed by atoms with Crippen molar-refractivity contribution in [1.29, 1.82) is 0 Å². The molecule has 0 unspecified atom stereocenters. The Hall–Kier alpha value is -1.24. The van der Waals surface area contributed by atoms with E-state index in [0.717, 1.165) is 27.2 Å². The fourth-order valence-corrected chi connectivity index (χ4v) is 3.13. The Morgan fingerprint density at radius 3 is 3.09 bits per heavy atom. The molecule has 0 spiro atoms. The highest BCUT2D eigenvalue weighted by Gasteiger charge is 2.09. The summed E-state index contributed by atoms with van der Waals surface area (Å²) in [7, 11) is 0. The van der Waals surface area contributed by atoms with Crippen LogP contribution in [0.3, 0.4) is 0 Å². The zero-order chi connectivity index (χ0) is 15.8. The molecule has 1 aromatic heterocycles. The lowest BCUT2D eigenvalue weighted by molar-refractivity contribution is -0.120. The summed E-state index contributed by atoms with van der Waals surface area (Å²) in [5.41, 5.74) is 1.87. The summed E-state index contributed by atoms with van der Waals surface area (Å²) < 4.78 is 6.25. The molecule has 1 N–H and O–H groups in total. The van der Waals surface area contributed by atoms with Crippen LogP contribution in [0.1, 0.15) is 19.0 Å². The molecule has 0 bridgehead atoms. The first-order chi connectivity index (χ1) is 10.7. The van der Waals surface area contributed by atoms with Crippen molar-refractivity contribution in [2.75, 3.05) is 19.8 Å². The lowest BCUT2D eigenvalue weighted by Gasteiger charge is -2.04. The second kappa shape index (κ2) is 9.02. The van der Waals surface area contributed by atoms with Crippen LogP contribution in [0.2, 0.25) is 0 Å². The summed E-state index contributed by atoms with van der Waals surface area (Å²) in [5.74, 6) is 0.00240. The molecule has 1 amide bonds. The highest BCUT2D eigenvalue weighted by atomic mass is 79.9. The maximum Gasteiger partial charge on any atom is 0.226 e. The molecule has 2 rings (SSSR count). The number of hydrogen-bond donors (Lipinski definition) is 1. The molecular weight excluding hydrogens is 364 g/mol. The van der Waals surface area contributed by atoms with E-state index in [9.17, 15) is 4.79 Å². The van der Waals surface area contributed by atoms with Gasteiger partial charge in [0.05, 0.1) is 12.1 Å². The number of hydrogen-bond acceptors (Lipinski definition) is 4. The molecule has 0 aliphatic rings. The fourth-order valence-electron chi connectivity index (χ4n) is 1.92. The molecule has 0 saturated carbocycles. The van der Waals surface area contributed by atoms with Crippen molar-refractivity contribution in [3.8, 4) is 10.6 Å². The van der Waals surface area contributed by atoms with Gasteiger partial charge in [0.2, 0.25) is 5.91 Å². The standard InChI is InChI=1S/C16H19BrN2O2S/c1-2-21-8-4-7-18-15(20)10-14-11-22-16(19-14)12-5-3-6-13(17)9-12/h3,5-6,9,11H,2,4,7-8,10H2,1H3,(H,18,20). The minimum absolute atomic E-state index is 0.00240. The normalized spacial score (nSPS) is 10.6. The van der Waals surface area contributed by atoms with E-state index in [1.165, 1.54) is 0 Å². The van der Waals surface area contributed by atoms with Gasteiger partial charge < -0.3 is 10.1 Å². The maximum absolute atomic E-state index is 11.9. The zero-order valence-corrected chi connectivity index (χ0v) is 14.9. The Bertz CT molecular complexity index is 616. The van der Waals surface area contributed by atoms with E-state index in [0.29, 0.717) is 26.2 Å². The van der Waals surface area contributed by atoms with Crippen molar-refractivity contribution in [3.63, 3.8) is 0 Å². The van der Waals surface area contributed by atoms with Crippen LogP contribution in [-0.2, 0) is 16.0 Å². The summed E-state index contributed by atoms with van der Waals surface area (Å²) in [5, 5.41) is 5.76. The lowest BCUT2D eigenvalue weighted by atomic mass is 10.2. The zero-order valence-electron chi connectivity index (χ0n) is 12.5. The van der Waals surface area contributed by atoms with E-state index in [2.05, 4.69) is 26.2 Å². The molecule has 0 radical (unpaired) electrons. The van der Waals surface area contributed by atoms with Gasteiger partial charge in [-0.1, -0.05) is 28.1 Å². The SMILES string of the molecule is CCOCCCNC(=O)Cc1csc(-c2cccc(Br)c2)n1. The van der Waals surface area contributed by atoms with E-state index in [4.69, 9.17) is 4.74 Å². The second-order valence-electron chi connectivity index (χ2n) is 4.73. The molecule has 6 heteroatoms. The quantitative estimate of drug-likeness (QED) is 0.708. The summed E-state index contributed by atoms with van der Waals surface area (Å²) in [4.78, 5) is 16.4. The van der Waals surface area contributed by atoms with Crippen molar-refractivity contribution in [3.05, 3.63) is 39.8 Å². The summed E-state index contributed by atoms with van der Waals surface area (Å²) in [6.45, 7) is 4.00. The van der Waals surface area contributed by atoms with Crippen LogP contribution in [0, 0.1) is 0 Å². The molecular formula is C16H19BrN2O2S. The number of carbonyl (C=O) groups is 1. The average molecular weight is 383 g/mol. The topological polar surface area (TPSA) is 51.2 Å². The molecule has 22 heavy (non-hydrogen) atoms. The molecule has 1 heterocycles. The van der Waals surface area contributed by atoms with E-state index in [1.807, 2.05) is 36.6 Å². The number of carbonyl (C=O) groups excluding carboxylic acids is 1. The Balaban J connectivity index is 1.83. The Labute approximate surface area is 143 Å². The summed E-state index contributed by atoms with van der Waals surface area (Å²) >= 11 is 5.01. The van der Waals surface area contributed by atoms with Gasteiger partial charge in [-0.3, -0.25) is 4.79 Å². The Morgan fingerprint density at radius 1 is 1.45 bits per heavy atom. The van der Waals surface area contributed by atoms with Crippen LogP contribution >= 0.6 is 27.3 Å². The fraction of sp³-hybridized carbons (Fsp3) is 0.375. The number of benzene rings is 1. The van der Waals surface area contributed by atoms with E-state index >= 15 is 0 Å². The van der Waals surface area contributed by atoms with Gasteiger partial charge in [0.25, 0.3) is 0 Å². The number of rotatable bonds is 8. The van der Waals surface area contributed by atoms with Gasteiger partial charge in [0, 0.05) is 35.2 Å². The number of nitrogens with zero attached hydrogens (tertiary/aromatic N) is 1. The molecule has 1 aromatic carbocycles. The van der Waals surface area contributed by atoms with Gasteiger partial charge in [-0.2, -0.15) is 0 Å². The van der Waals surface area contributed by atoms with Gasteiger partial charge >= 0.3 is 0 Å². The van der Waals surface area contributed by atoms with Crippen molar-refractivity contribution in [2.24, 2.45) is 0 Å². The summed E-state index contributed by atoms with van der Waals surface area (Å²) in [6.07, 6.45) is 1.15. The smallest absolute Gasteiger partial charge is 0.226 e. The number of thiazole rings is 1. The number of aromatic nitrogens is 1. The number of amides is 1. The van der Waals surface area contributed by atoms with Crippen LogP contribution in [0.4, 0.5) is 0 Å². The first-order valence-corrected chi connectivity index (χ1v) is 8.91. The maximum atomic E-state index is 11.9. The number of halogens is 1. The Kier molecular flexibility index (Phi) is 7.02. The second-order valence-corrected chi connectivity index (χ2v) is 6.51. The first kappa shape index (κ1) is 17.1.